The van der Waals surface area contributed by atoms with E-state index in [1.807, 2.05) is 89.7 Å². The summed E-state index contributed by atoms with van der Waals surface area (Å²) in [6, 6.07) is 40.7. The van der Waals surface area contributed by atoms with Crippen molar-refractivity contribution in [3.8, 4) is 43.9 Å². The molecule has 5 nitrogen and oxygen atoms in total. The first kappa shape index (κ1) is 20.2. The summed E-state index contributed by atoms with van der Waals surface area (Å²) < 4.78 is 0. The molecule has 6 heteroatoms. The van der Waals surface area contributed by atoms with Crippen LogP contribution >= 0.6 is 11.3 Å². The van der Waals surface area contributed by atoms with Gasteiger partial charge in [0.25, 0.3) is 5.82 Å². The summed E-state index contributed by atoms with van der Waals surface area (Å²) >= 11 is 1.61. The normalized spacial score (nSPS) is 10.9. The highest BCUT2D eigenvalue weighted by Crippen LogP contribution is 2.36. The van der Waals surface area contributed by atoms with Gasteiger partial charge in [0.15, 0.2) is 5.69 Å². The SMILES string of the molecule is c1ccc(-c2nn(-c3ccccc3)[n+](-c3nc(-c4ccccc4)c(-c4ccccc4)s3)n2)cc1. The molecule has 0 bridgehead atoms. The number of benzene rings is 4. The molecular weight excluding hydrogens is 438 g/mol. The van der Waals surface area contributed by atoms with E-state index in [-0.39, 0.29) is 0 Å². The highest BCUT2D eigenvalue weighted by molar-refractivity contribution is 7.17. The van der Waals surface area contributed by atoms with Crippen molar-refractivity contribution in [2.24, 2.45) is 0 Å². The highest BCUT2D eigenvalue weighted by atomic mass is 32.1. The average molecular weight is 459 g/mol. The number of tetrazole rings is 1. The molecule has 0 aliphatic carbocycles. The van der Waals surface area contributed by atoms with Crippen LogP contribution in [-0.2, 0) is 0 Å². The lowest BCUT2D eigenvalue weighted by Gasteiger charge is -1.99. The maximum absolute atomic E-state index is 5.08. The number of aromatic nitrogens is 5. The van der Waals surface area contributed by atoms with Crippen LogP contribution in [-0.4, -0.2) is 20.0 Å². The van der Waals surface area contributed by atoms with Gasteiger partial charge in [-0.3, -0.25) is 0 Å². The number of hydrogen-bond donors (Lipinski definition) is 0. The molecule has 2 heterocycles. The first-order valence-electron chi connectivity index (χ1n) is 11.0. The molecule has 0 fully saturated rings. The fourth-order valence-electron chi connectivity index (χ4n) is 3.81. The Morgan fingerprint density at radius 2 is 1.12 bits per heavy atom. The Hall–Kier alpha value is -4.42. The Morgan fingerprint density at radius 3 is 1.74 bits per heavy atom. The van der Waals surface area contributed by atoms with Gasteiger partial charge in [0.05, 0.1) is 4.88 Å². The van der Waals surface area contributed by atoms with Gasteiger partial charge in [0, 0.05) is 16.2 Å². The molecule has 2 aromatic heterocycles. The molecule has 0 amide bonds. The summed E-state index contributed by atoms with van der Waals surface area (Å²) in [5.41, 5.74) is 4.99. The van der Waals surface area contributed by atoms with Crippen molar-refractivity contribution in [1.29, 1.82) is 0 Å². The molecule has 6 rings (SSSR count). The minimum absolute atomic E-state index is 0.641. The molecule has 0 unspecified atom stereocenters. The summed E-state index contributed by atoms with van der Waals surface area (Å²) in [7, 11) is 0. The van der Waals surface area contributed by atoms with E-state index in [4.69, 9.17) is 15.2 Å². The maximum atomic E-state index is 5.08. The van der Waals surface area contributed by atoms with Crippen molar-refractivity contribution in [1.82, 2.24) is 20.0 Å². The Balaban J connectivity index is 1.57. The number of hydrogen-bond acceptors (Lipinski definition) is 4. The van der Waals surface area contributed by atoms with Crippen LogP contribution in [0.15, 0.2) is 121 Å². The second-order valence-corrected chi connectivity index (χ2v) is 8.69. The van der Waals surface area contributed by atoms with Crippen LogP contribution in [0.4, 0.5) is 0 Å². The van der Waals surface area contributed by atoms with Crippen LogP contribution in [0, 0.1) is 0 Å². The lowest BCUT2D eigenvalue weighted by atomic mass is 10.1. The lowest BCUT2D eigenvalue weighted by Crippen LogP contribution is -2.43. The van der Waals surface area contributed by atoms with E-state index in [0.717, 1.165) is 38.1 Å². The third-order valence-electron chi connectivity index (χ3n) is 5.45. The van der Waals surface area contributed by atoms with E-state index < -0.39 is 0 Å². The zero-order valence-corrected chi connectivity index (χ0v) is 19.0. The van der Waals surface area contributed by atoms with Gasteiger partial charge < -0.3 is 0 Å². The Bertz CT molecular complexity index is 1470. The molecule has 34 heavy (non-hydrogen) atoms. The third kappa shape index (κ3) is 3.80. The van der Waals surface area contributed by atoms with Gasteiger partial charge in [-0.15, -0.1) is 0 Å². The number of rotatable bonds is 5. The summed E-state index contributed by atoms with van der Waals surface area (Å²) in [6.07, 6.45) is 0. The van der Waals surface area contributed by atoms with Crippen molar-refractivity contribution in [2.45, 2.75) is 0 Å². The van der Waals surface area contributed by atoms with Crippen LogP contribution < -0.4 is 4.80 Å². The van der Waals surface area contributed by atoms with Gasteiger partial charge in [-0.05, 0) is 44.5 Å². The largest absolute Gasteiger partial charge is 0.365 e. The molecule has 162 valence electrons. The van der Waals surface area contributed by atoms with Crippen molar-refractivity contribution in [3.63, 3.8) is 0 Å². The van der Waals surface area contributed by atoms with E-state index in [1.54, 1.807) is 16.1 Å². The molecule has 0 saturated heterocycles. The molecule has 0 atom stereocenters. The molecule has 0 aliphatic heterocycles. The fourth-order valence-corrected chi connectivity index (χ4v) is 4.84. The predicted molar refractivity (Wildman–Crippen MR) is 135 cm³/mol. The Labute approximate surface area is 201 Å². The topological polar surface area (TPSA) is 47.5 Å². The molecular formula is C28H20N5S+. The van der Waals surface area contributed by atoms with Gasteiger partial charge >= 0.3 is 5.13 Å². The van der Waals surface area contributed by atoms with E-state index in [9.17, 15) is 0 Å². The minimum Gasteiger partial charge on any atom is -0.0878 e. The van der Waals surface area contributed by atoms with Crippen LogP contribution in [0.3, 0.4) is 0 Å². The Morgan fingerprint density at radius 1 is 0.588 bits per heavy atom. The van der Waals surface area contributed by atoms with E-state index >= 15 is 0 Å². The molecule has 6 aromatic rings. The molecule has 0 saturated carbocycles. The monoisotopic (exact) mass is 458 g/mol. The van der Waals surface area contributed by atoms with E-state index in [1.165, 1.54) is 0 Å². The van der Waals surface area contributed by atoms with Gasteiger partial charge in [0.2, 0.25) is 0 Å². The quantitative estimate of drug-likeness (QED) is 0.298. The van der Waals surface area contributed by atoms with E-state index in [0.29, 0.717) is 5.82 Å². The standard InChI is InChI=1S/C28H20N5S/c1-5-13-21(14-6-1)25-26(22-15-7-2-8-16-22)34-28(29-25)33-31-27(23-17-9-3-10-18-23)30-32(33)24-19-11-4-12-20-24/h1-20H/q+1. The van der Waals surface area contributed by atoms with Gasteiger partial charge in [-0.2, -0.15) is 0 Å². The summed E-state index contributed by atoms with van der Waals surface area (Å²) in [5.74, 6) is 0.641. The summed E-state index contributed by atoms with van der Waals surface area (Å²) in [5, 5.41) is 10.5. The molecule has 4 aromatic carbocycles. The highest BCUT2D eigenvalue weighted by Gasteiger charge is 2.27. The first-order chi connectivity index (χ1) is 16.9. The second kappa shape index (κ2) is 8.84. The van der Waals surface area contributed by atoms with Crippen molar-refractivity contribution < 1.29 is 4.80 Å². The zero-order chi connectivity index (χ0) is 22.7. The molecule has 0 spiro atoms. The predicted octanol–water partition coefficient (Wildman–Crippen LogP) is 6.00. The summed E-state index contributed by atoms with van der Waals surface area (Å²) in [6.45, 7) is 0. The van der Waals surface area contributed by atoms with Crippen molar-refractivity contribution >= 4 is 11.3 Å². The first-order valence-corrected chi connectivity index (χ1v) is 11.8. The van der Waals surface area contributed by atoms with Gasteiger partial charge in [-0.25, -0.2) is 0 Å². The Kier molecular flexibility index (Phi) is 5.26. The minimum atomic E-state index is 0.641. The summed E-state index contributed by atoms with van der Waals surface area (Å²) in [4.78, 5) is 9.78. The van der Waals surface area contributed by atoms with Crippen molar-refractivity contribution in [3.05, 3.63) is 121 Å². The second-order valence-electron chi connectivity index (χ2n) is 7.71. The maximum Gasteiger partial charge on any atom is 0.365 e. The van der Waals surface area contributed by atoms with Crippen LogP contribution in [0.5, 0.6) is 0 Å². The number of thiazole rings is 1. The molecule has 0 aliphatic rings. The van der Waals surface area contributed by atoms with Gasteiger partial charge in [0.1, 0.15) is 5.69 Å². The fraction of sp³-hybridized carbons (Fsp3) is 0. The zero-order valence-electron chi connectivity index (χ0n) is 18.2. The average Bonchev–Trinajstić information content (AvgIpc) is 3.56. The van der Waals surface area contributed by atoms with Crippen LogP contribution in [0.2, 0.25) is 0 Å². The van der Waals surface area contributed by atoms with Crippen LogP contribution in [0.25, 0.3) is 43.9 Å². The molecule has 0 radical (unpaired) electrons. The number of para-hydroxylation sites is 1. The van der Waals surface area contributed by atoms with Crippen LogP contribution in [0.1, 0.15) is 0 Å². The number of nitrogens with zero attached hydrogens (tertiary/aromatic N) is 5. The molecule has 0 N–H and O–H groups in total. The van der Waals surface area contributed by atoms with Gasteiger partial charge in [-0.1, -0.05) is 113 Å². The van der Waals surface area contributed by atoms with E-state index in [2.05, 4.69) is 36.4 Å². The van der Waals surface area contributed by atoms with Crippen molar-refractivity contribution in [2.75, 3.05) is 0 Å². The lowest BCUT2D eigenvalue weighted by molar-refractivity contribution is -0.734. The smallest absolute Gasteiger partial charge is 0.0878 e. The third-order valence-corrected chi connectivity index (χ3v) is 6.52.